The number of hydrogen-bond donors (Lipinski definition) is 0. The van der Waals surface area contributed by atoms with Gasteiger partial charge in [0.25, 0.3) is 0 Å². The average molecular weight is 229 g/mol. The van der Waals surface area contributed by atoms with E-state index in [1.807, 2.05) is 0 Å². The van der Waals surface area contributed by atoms with Crippen LogP contribution in [0.25, 0.3) is 0 Å². The molecule has 0 bridgehead atoms. The summed E-state index contributed by atoms with van der Waals surface area (Å²) in [5, 5.41) is -0.130. The molecular weight excluding hydrogens is 225 g/mol. The fraction of sp³-hybridized carbons (Fsp3) is 0.143. The van der Waals surface area contributed by atoms with E-state index in [1.165, 1.54) is 13.2 Å². The lowest BCUT2D eigenvalue weighted by Gasteiger charge is -2.06. The minimum atomic E-state index is -0.723. The van der Waals surface area contributed by atoms with Crippen molar-refractivity contribution in [3.05, 3.63) is 27.0 Å². The highest BCUT2D eigenvalue weighted by Gasteiger charge is 2.14. The lowest BCUT2D eigenvalue weighted by Crippen LogP contribution is -1.89. The summed E-state index contributed by atoms with van der Waals surface area (Å²) < 4.78 is 17.7. The molecule has 0 amide bonds. The summed E-state index contributed by atoms with van der Waals surface area (Å²) in [6, 6.07) is 1.24. The van der Waals surface area contributed by atoms with Gasteiger partial charge in [0.1, 0.15) is 5.02 Å². The Hall–Kier alpha value is -0.180. The number of rotatable bonds is 1. The lowest BCUT2D eigenvalue weighted by atomic mass is 10.3. The second-order valence-electron chi connectivity index (χ2n) is 2.00. The van der Waals surface area contributed by atoms with E-state index in [9.17, 15) is 4.39 Å². The van der Waals surface area contributed by atoms with Gasteiger partial charge in [0.15, 0.2) is 11.6 Å². The van der Waals surface area contributed by atoms with Crippen LogP contribution >= 0.6 is 34.8 Å². The van der Waals surface area contributed by atoms with Gasteiger partial charge in [-0.1, -0.05) is 34.8 Å². The number of methoxy groups -OCH3 is 1. The second kappa shape index (κ2) is 3.69. The third-order valence-electron chi connectivity index (χ3n) is 1.28. The molecule has 5 heteroatoms. The SMILES string of the molecule is COc1c(Cl)cc(Cl)c(F)c1Cl. The van der Waals surface area contributed by atoms with E-state index >= 15 is 0 Å². The van der Waals surface area contributed by atoms with E-state index in [1.54, 1.807) is 0 Å². The summed E-state index contributed by atoms with van der Waals surface area (Å²) in [6.45, 7) is 0. The van der Waals surface area contributed by atoms with Crippen molar-refractivity contribution >= 4 is 34.8 Å². The van der Waals surface area contributed by atoms with Crippen LogP contribution in [0.15, 0.2) is 6.07 Å². The third-order valence-corrected chi connectivity index (χ3v) is 2.17. The average Bonchev–Trinajstić information content (AvgIpc) is 2.01. The Morgan fingerprint density at radius 1 is 1.25 bits per heavy atom. The van der Waals surface area contributed by atoms with Gasteiger partial charge < -0.3 is 4.74 Å². The summed E-state index contributed by atoms with van der Waals surface area (Å²) >= 11 is 16.6. The van der Waals surface area contributed by atoms with Crippen molar-refractivity contribution in [2.45, 2.75) is 0 Å². The number of ether oxygens (including phenoxy) is 1. The first kappa shape index (κ1) is 9.90. The molecular formula is C7H4Cl3FO. The fourth-order valence-electron chi connectivity index (χ4n) is 0.737. The van der Waals surface area contributed by atoms with Crippen LogP contribution in [0.4, 0.5) is 4.39 Å². The van der Waals surface area contributed by atoms with Gasteiger partial charge in [-0.25, -0.2) is 4.39 Å². The smallest absolute Gasteiger partial charge is 0.164 e. The van der Waals surface area contributed by atoms with Gasteiger partial charge in [0, 0.05) is 0 Å². The fourth-order valence-corrected chi connectivity index (χ4v) is 1.65. The molecule has 0 aromatic heterocycles. The van der Waals surface area contributed by atoms with Crippen molar-refractivity contribution in [3.63, 3.8) is 0 Å². The molecule has 1 aromatic rings. The highest BCUT2D eigenvalue weighted by atomic mass is 35.5. The molecule has 66 valence electrons. The molecule has 0 aliphatic carbocycles. The number of hydrogen-bond acceptors (Lipinski definition) is 1. The zero-order valence-electron chi connectivity index (χ0n) is 6.00. The quantitative estimate of drug-likeness (QED) is 0.526. The van der Waals surface area contributed by atoms with Crippen LogP contribution in [0.5, 0.6) is 5.75 Å². The van der Waals surface area contributed by atoms with Gasteiger partial charge in [-0.3, -0.25) is 0 Å². The van der Waals surface area contributed by atoms with Crippen molar-refractivity contribution in [2.75, 3.05) is 7.11 Å². The van der Waals surface area contributed by atoms with E-state index < -0.39 is 5.82 Å². The Bertz CT molecular complexity index is 314. The van der Waals surface area contributed by atoms with Crippen LogP contribution in [0, 0.1) is 5.82 Å². The number of halogens is 4. The van der Waals surface area contributed by atoms with Crippen molar-refractivity contribution < 1.29 is 9.13 Å². The summed E-state index contributed by atoms with van der Waals surface area (Å²) in [6.07, 6.45) is 0. The van der Waals surface area contributed by atoms with Crippen LogP contribution in [0.1, 0.15) is 0 Å². The summed E-state index contributed by atoms with van der Waals surface area (Å²) in [4.78, 5) is 0. The molecule has 0 unspecified atom stereocenters. The van der Waals surface area contributed by atoms with Crippen LogP contribution in [-0.2, 0) is 0 Å². The van der Waals surface area contributed by atoms with Gasteiger partial charge in [-0.15, -0.1) is 0 Å². The largest absolute Gasteiger partial charge is 0.494 e. The standard InChI is InChI=1S/C7H4Cl3FO/c1-12-7-4(9)2-3(8)6(11)5(7)10/h2H,1H3. The van der Waals surface area contributed by atoms with Crippen molar-refractivity contribution in [1.29, 1.82) is 0 Å². The van der Waals surface area contributed by atoms with E-state index in [2.05, 4.69) is 0 Å². The van der Waals surface area contributed by atoms with Crippen LogP contribution in [-0.4, -0.2) is 7.11 Å². The predicted molar refractivity (Wildman–Crippen MR) is 48.0 cm³/mol. The first-order chi connectivity index (χ1) is 5.57. The third kappa shape index (κ3) is 1.60. The highest BCUT2D eigenvalue weighted by molar-refractivity contribution is 6.40. The molecule has 0 aliphatic rings. The predicted octanol–water partition coefficient (Wildman–Crippen LogP) is 3.79. The molecule has 0 saturated heterocycles. The van der Waals surface area contributed by atoms with Gasteiger partial charge in [-0.2, -0.15) is 0 Å². The summed E-state index contributed by atoms with van der Waals surface area (Å²) in [7, 11) is 1.35. The molecule has 12 heavy (non-hydrogen) atoms. The van der Waals surface area contributed by atoms with Gasteiger partial charge in [-0.05, 0) is 6.07 Å². The summed E-state index contributed by atoms with van der Waals surface area (Å²) in [5.41, 5.74) is 0. The molecule has 0 heterocycles. The molecule has 0 atom stereocenters. The Kier molecular flexibility index (Phi) is 3.04. The van der Waals surface area contributed by atoms with Crippen LogP contribution in [0.2, 0.25) is 15.1 Å². The van der Waals surface area contributed by atoms with Crippen LogP contribution < -0.4 is 4.74 Å². The maximum absolute atomic E-state index is 13.0. The van der Waals surface area contributed by atoms with Gasteiger partial charge in [0.2, 0.25) is 0 Å². The molecule has 1 nitrogen and oxygen atoms in total. The molecule has 0 aliphatic heterocycles. The van der Waals surface area contributed by atoms with Crippen molar-refractivity contribution in [2.24, 2.45) is 0 Å². The molecule has 1 aromatic carbocycles. The second-order valence-corrected chi connectivity index (χ2v) is 3.19. The molecule has 0 N–H and O–H groups in total. The van der Waals surface area contributed by atoms with Gasteiger partial charge in [0.05, 0.1) is 17.2 Å². The van der Waals surface area contributed by atoms with E-state index in [-0.39, 0.29) is 20.8 Å². The maximum atomic E-state index is 13.0. The molecule has 0 fully saturated rings. The van der Waals surface area contributed by atoms with E-state index in [0.29, 0.717) is 0 Å². The van der Waals surface area contributed by atoms with E-state index in [4.69, 9.17) is 39.5 Å². The first-order valence-corrected chi connectivity index (χ1v) is 4.08. The zero-order chi connectivity index (χ0) is 9.30. The summed E-state index contributed by atoms with van der Waals surface area (Å²) in [5.74, 6) is -0.625. The Balaban J connectivity index is 3.40. The normalized spacial score (nSPS) is 10.1. The monoisotopic (exact) mass is 228 g/mol. The minimum Gasteiger partial charge on any atom is -0.494 e. The molecule has 0 saturated carbocycles. The van der Waals surface area contributed by atoms with Gasteiger partial charge >= 0.3 is 0 Å². The lowest BCUT2D eigenvalue weighted by molar-refractivity contribution is 0.412. The topological polar surface area (TPSA) is 9.23 Å². The molecule has 1 rings (SSSR count). The van der Waals surface area contributed by atoms with E-state index in [0.717, 1.165) is 0 Å². The van der Waals surface area contributed by atoms with Crippen molar-refractivity contribution in [1.82, 2.24) is 0 Å². The molecule has 0 spiro atoms. The van der Waals surface area contributed by atoms with Crippen molar-refractivity contribution in [3.8, 4) is 5.75 Å². The minimum absolute atomic E-state index is 0.0974. The Morgan fingerprint density at radius 2 is 1.83 bits per heavy atom. The Morgan fingerprint density at radius 3 is 2.33 bits per heavy atom. The molecule has 0 radical (unpaired) electrons. The highest BCUT2D eigenvalue weighted by Crippen LogP contribution is 2.38. The zero-order valence-corrected chi connectivity index (χ0v) is 8.27. The Labute approximate surface area is 84.0 Å². The van der Waals surface area contributed by atoms with Crippen LogP contribution in [0.3, 0.4) is 0 Å². The first-order valence-electron chi connectivity index (χ1n) is 2.95. The maximum Gasteiger partial charge on any atom is 0.164 e. The number of benzene rings is 1.